The molecule has 1 aromatic carbocycles. The van der Waals surface area contributed by atoms with Gasteiger partial charge in [0.15, 0.2) is 0 Å². The second-order valence-electron chi connectivity index (χ2n) is 5.25. The van der Waals surface area contributed by atoms with Crippen LogP contribution in [0.1, 0.15) is 46.4 Å². The molecule has 3 rings (SSSR count). The minimum atomic E-state index is -0.563. The summed E-state index contributed by atoms with van der Waals surface area (Å²) in [6.45, 7) is 0. The monoisotopic (exact) mass is 286 g/mol. The predicted molar refractivity (Wildman–Crippen MR) is 75.0 cm³/mol. The third-order valence-corrected chi connectivity index (χ3v) is 3.92. The molecule has 0 N–H and O–H groups in total. The van der Waals surface area contributed by atoms with E-state index in [1.54, 1.807) is 0 Å². The summed E-state index contributed by atoms with van der Waals surface area (Å²) in [6, 6.07) is 3.57. The molecule has 21 heavy (non-hydrogen) atoms. The minimum absolute atomic E-state index is 0.131. The topological polar surface area (TPSA) is 80.5 Å². The number of non-ortho nitro benzene ring substituents is 1. The molecule has 0 spiro atoms. The molecule has 1 unspecified atom stereocenters. The standard InChI is InChI=1S/C15H14N2O4/c18-14-12-8-7-11(17(20)21)9-13(12)15(19)16(14)10-5-3-1-2-4-6-10/h3,5,7-10H,1-2,4,6H2. The molecule has 0 bridgehead atoms. The lowest BCUT2D eigenvalue weighted by atomic mass is 10.1. The molecule has 6 nitrogen and oxygen atoms in total. The highest BCUT2D eigenvalue weighted by molar-refractivity contribution is 6.22. The second kappa shape index (κ2) is 5.12. The predicted octanol–water partition coefficient (Wildman–Crippen LogP) is 2.69. The van der Waals surface area contributed by atoms with Gasteiger partial charge in [0.2, 0.25) is 0 Å². The van der Waals surface area contributed by atoms with Crippen molar-refractivity contribution in [2.45, 2.75) is 31.7 Å². The van der Waals surface area contributed by atoms with E-state index in [1.165, 1.54) is 23.1 Å². The van der Waals surface area contributed by atoms with Gasteiger partial charge in [0.1, 0.15) is 0 Å². The van der Waals surface area contributed by atoms with Gasteiger partial charge < -0.3 is 0 Å². The van der Waals surface area contributed by atoms with Crippen molar-refractivity contribution in [3.8, 4) is 0 Å². The Morgan fingerprint density at radius 3 is 2.67 bits per heavy atom. The number of nitrogens with zero attached hydrogens (tertiary/aromatic N) is 2. The molecule has 0 aromatic heterocycles. The van der Waals surface area contributed by atoms with Crippen LogP contribution >= 0.6 is 0 Å². The number of rotatable bonds is 2. The van der Waals surface area contributed by atoms with Gasteiger partial charge in [0, 0.05) is 12.1 Å². The Balaban J connectivity index is 1.98. The summed E-state index contributed by atoms with van der Waals surface area (Å²) >= 11 is 0. The summed E-state index contributed by atoms with van der Waals surface area (Å²) in [6.07, 6.45) is 7.56. The fourth-order valence-electron chi connectivity index (χ4n) is 2.84. The average Bonchev–Trinajstić information content (AvgIpc) is 2.67. The first-order valence-corrected chi connectivity index (χ1v) is 6.92. The number of carbonyl (C=O) groups is 2. The molecular weight excluding hydrogens is 272 g/mol. The van der Waals surface area contributed by atoms with Gasteiger partial charge in [-0.25, -0.2) is 0 Å². The SMILES string of the molecule is O=C1c2ccc([N+](=O)[O-])cc2C(=O)N1C1C=CCCCC1. The fraction of sp³-hybridized carbons (Fsp3) is 0.333. The maximum atomic E-state index is 12.4. The zero-order valence-electron chi connectivity index (χ0n) is 11.3. The lowest BCUT2D eigenvalue weighted by Gasteiger charge is -2.22. The summed E-state index contributed by atoms with van der Waals surface area (Å²) in [7, 11) is 0. The van der Waals surface area contributed by atoms with E-state index < -0.39 is 10.8 Å². The van der Waals surface area contributed by atoms with E-state index in [4.69, 9.17) is 0 Å². The summed E-state index contributed by atoms with van der Waals surface area (Å²) < 4.78 is 0. The van der Waals surface area contributed by atoms with Crippen LogP contribution in [0.25, 0.3) is 0 Å². The summed E-state index contributed by atoms with van der Waals surface area (Å²) in [5, 5.41) is 10.8. The number of nitro benzene ring substituents is 1. The van der Waals surface area contributed by atoms with Gasteiger partial charge in [-0.15, -0.1) is 0 Å². The number of allylic oxidation sites excluding steroid dienone is 1. The van der Waals surface area contributed by atoms with Crippen LogP contribution in [-0.4, -0.2) is 27.7 Å². The Hall–Kier alpha value is -2.50. The van der Waals surface area contributed by atoms with E-state index in [2.05, 4.69) is 0 Å². The molecule has 1 aliphatic heterocycles. The number of nitro groups is 1. The third-order valence-electron chi connectivity index (χ3n) is 3.92. The van der Waals surface area contributed by atoms with E-state index in [0.717, 1.165) is 25.7 Å². The highest BCUT2D eigenvalue weighted by Gasteiger charge is 2.40. The summed E-state index contributed by atoms with van der Waals surface area (Å²) in [5.74, 6) is -0.795. The molecule has 6 heteroatoms. The molecule has 0 fully saturated rings. The molecule has 1 aromatic rings. The van der Waals surface area contributed by atoms with E-state index in [0.29, 0.717) is 0 Å². The van der Waals surface area contributed by atoms with Crippen molar-refractivity contribution in [1.82, 2.24) is 4.90 Å². The van der Waals surface area contributed by atoms with Gasteiger partial charge in [0.25, 0.3) is 17.5 Å². The van der Waals surface area contributed by atoms with Crippen LogP contribution in [0.15, 0.2) is 30.4 Å². The highest BCUT2D eigenvalue weighted by Crippen LogP contribution is 2.30. The van der Waals surface area contributed by atoms with Crippen LogP contribution in [-0.2, 0) is 0 Å². The van der Waals surface area contributed by atoms with Gasteiger partial charge in [0.05, 0.1) is 22.1 Å². The van der Waals surface area contributed by atoms with Crippen LogP contribution in [0.3, 0.4) is 0 Å². The zero-order chi connectivity index (χ0) is 15.0. The molecule has 108 valence electrons. The van der Waals surface area contributed by atoms with Crippen LogP contribution in [0.4, 0.5) is 5.69 Å². The van der Waals surface area contributed by atoms with Gasteiger partial charge in [-0.2, -0.15) is 0 Å². The Kier molecular flexibility index (Phi) is 3.29. The first kappa shape index (κ1) is 13.5. The number of hydrogen-bond acceptors (Lipinski definition) is 4. The number of carbonyl (C=O) groups excluding carboxylic acids is 2. The third kappa shape index (κ3) is 2.22. The number of benzene rings is 1. The first-order chi connectivity index (χ1) is 10.1. The van der Waals surface area contributed by atoms with Gasteiger partial charge in [-0.1, -0.05) is 18.6 Å². The van der Waals surface area contributed by atoms with E-state index in [9.17, 15) is 19.7 Å². The maximum Gasteiger partial charge on any atom is 0.270 e. The summed E-state index contributed by atoms with van der Waals surface area (Å²) in [4.78, 5) is 36.3. The normalized spacial score (nSPS) is 21.3. The largest absolute Gasteiger partial charge is 0.270 e. The molecule has 1 heterocycles. The number of fused-ring (bicyclic) bond motifs is 1. The molecule has 1 atom stereocenters. The van der Waals surface area contributed by atoms with Crippen molar-refractivity contribution in [2.75, 3.05) is 0 Å². The molecule has 0 saturated carbocycles. The smallest absolute Gasteiger partial charge is 0.269 e. The van der Waals surface area contributed by atoms with E-state index in [-0.39, 0.29) is 28.8 Å². The van der Waals surface area contributed by atoms with Crippen molar-refractivity contribution in [3.05, 3.63) is 51.6 Å². The summed E-state index contributed by atoms with van der Waals surface area (Å²) in [5.41, 5.74) is 0.211. The number of amides is 2. The Labute approximate surface area is 121 Å². The van der Waals surface area contributed by atoms with Crippen molar-refractivity contribution < 1.29 is 14.5 Å². The zero-order valence-corrected chi connectivity index (χ0v) is 11.3. The Bertz CT molecular complexity index is 666. The molecule has 2 amide bonds. The Morgan fingerprint density at radius 2 is 1.90 bits per heavy atom. The van der Waals surface area contributed by atoms with E-state index >= 15 is 0 Å². The lowest BCUT2D eigenvalue weighted by Crippen LogP contribution is -2.38. The van der Waals surface area contributed by atoms with Gasteiger partial charge >= 0.3 is 0 Å². The minimum Gasteiger partial charge on any atom is -0.269 e. The van der Waals surface area contributed by atoms with Crippen LogP contribution in [0, 0.1) is 10.1 Å². The molecular formula is C15H14N2O4. The number of imide groups is 1. The first-order valence-electron chi connectivity index (χ1n) is 6.92. The quantitative estimate of drug-likeness (QED) is 0.362. The average molecular weight is 286 g/mol. The fourth-order valence-corrected chi connectivity index (χ4v) is 2.84. The van der Waals surface area contributed by atoms with Crippen LogP contribution in [0.2, 0.25) is 0 Å². The highest BCUT2D eigenvalue weighted by atomic mass is 16.6. The van der Waals surface area contributed by atoms with Crippen molar-refractivity contribution in [3.63, 3.8) is 0 Å². The molecule has 2 aliphatic rings. The van der Waals surface area contributed by atoms with Gasteiger partial charge in [-0.05, 0) is 25.3 Å². The molecule has 0 radical (unpaired) electrons. The van der Waals surface area contributed by atoms with Crippen molar-refractivity contribution in [2.24, 2.45) is 0 Å². The van der Waals surface area contributed by atoms with E-state index in [1.807, 2.05) is 12.2 Å². The van der Waals surface area contributed by atoms with Gasteiger partial charge in [-0.3, -0.25) is 24.6 Å². The molecule has 1 aliphatic carbocycles. The van der Waals surface area contributed by atoms with Crippen LogP contribution in [0.5, 0.6) is 0 Å². The number of hydrogen-bond donors (Lipinski definition) is 0. The lowest BCUT2D eigenvalue weighted by molar-refractivity contribution is -0.384. The van der Waals surface area contributed by atoms with Crippen molar-refractivity contribution in [1.29, 1.82) is 0 Å². The maximum absolute atomic E-state index is 12.4. The Morgan fingerprint density at radius 1 is 1.14 bits per heavy atom. The van der Waals surface area contributed by atoms with Crippen LogP contribution < -0.4 is 0 Å². The second-order valence-corrected chi connectivity index (χ2v) is 5.25. The molecule has 0 saturated heterocycles. The van der Waals surface area contributed by atoms with Crippen molar-refractivity contribution >= 4 is 17.5 Å².